The van der Waals surface area contributed by atoms with E-state index in [2.05, 4.69) is 24.5 Å². The van der Waals surface area contributed by atoms with Gasteiger partial charge in [0.15, 0.2) is 0 Å². The quantitative estimate of drug-likeness (QED) is 0.0833. The molecule has 4 aromatic carbocycles. The van der Waals surface area contributed by atoms with Gasteiger partial charge in [-0.1, -0.05) is 74.5 Å². The molecule has 0 bridgehead atoms. The zero-order valence-corrected chi connectivity index (χ0v) is 25.4. The SMILES string of the molecule is CC(C)c1ccc(/C=C(/NC(=O)c2ccccc2)C(=O)Nc2cccc(SCCCN3C(=O)c4ccccc4C3=O)c2)cc1. The van der Waals surface area contributed by atoms with Gasteiger partial charge in [0, 0.05) is 22.7 Å². The first-order chi connectivity index (χ1) is 21.3. The number of amides is 4. The van der Waals surface area contributed by atoms with Gasteiger partial charge in [-0.3, -0.25) is 24.1 Å². The topological polar surface area (TPSA) is 95.6 Å². The second kappa shape index (κ2) is 14.0. The number of rotatable bonds is 11. The molecule has 44 heavy (non-hydrogen) atoms. The molecule has 0 unspecified atom stereocenters. The summed E-state index contributed by atoms with van der Waals surface area (Å²) in [5, 5.41) is 5.69. The number of fused-ring (bicyclic) bond motifs is 1. The van der Waals surface area contributed by atoms with E-state index >= 15 is 0 Å². The van der Waals surface area contributed by atoms with Gasteiger partial charge in [-0.15, -0.1) is 11.8 Å². The zero-order chi connectivity index (χ0) is 31.1. The Balaban J connectivity index is 1.23. The Morgan fingerprint density at radius 3 is 2.14 bits per heavy atom. The number of nitrogens with one attached hydrogen (secondary N) is 2. The van der Waals surface area contributed by atoms with Crippen molar-refractivity contribution >= 4 is 47.2 Å². The van der Waals surface area contributed by atoms with Crippen LogP contribution in [0.4, 0.5) is 5.69 Å². The standard InChI is InChI=1S/C36H33N3O4S/c1-24(2)26-18-16-25(17-19-26)22-32(38-33(40)27-10-4-3-5-11-27)34(41)37-28-12-8-13-29(23-28)44-21-9-20-39-35(42)30-14-6-7-15-31(30)36(39)43/h3-8,10-19,22-24H,9,20-21H2,1-2H3,(H,37,41)(H,38,40)/b32-22+. The average molecular weight is 604 g/mol. The van der Waals surface area contributed by atoms with Crippen molar-refractivity contribution in [3.8, 4) is 0 Å². The lowest BCUT2D eigenvalue weighted by Gasteiger charge is -2.14. The lowest BCUT2D eigenvalue weighted by Crippen LogP contribution is -2.31. The number of hydrogen-bond acceptors (Lipinski definition) is 5. The monoisotopic (exact) mass is 603 g/mol. The summed E-state index contributed by atoms with van der Waals surface area (Å²) in [6, 6.07) is 30.9. The first-order valence-electron chi connectivity index (χ1n) is 14.5. The van der Waals surface area contributed by atoms with Crippen molar-refractivity contribution in [1.82, 2.24) is 10.2 Å². The van der Waals surface area contributed by atoms with Gasteiger partial charge in [0.25, 0.3) is 23.6 Å². The third-order valence-corrected chi connectivity index (χ3v) is 8.29. The highest BCUT2D eigenvalue weighted by atomic mass is 32.2. The predicted octanol–water partition coefficient (Wildman–Crippen LogP) is 7.00. The smallest absolute Gasteiger partial charge is 0.272 e. The summed E-state index contributed by atoms with van der Waals surface area (Å²) < 4.78 is 0. The van der Waals surface area contributed by atoms with Gasteiger partial charge < -0.3 is 10.6 Å². The van der Waals surface area contributed by atoms with Crippen LogP contribution in [0, 0.1) is 0 Å². The highest BCUT2D eigenvalue weighted by molar-refractivity contribution is 7.99. The van der Waals surface area contributed by atoms with Crippen molar-refractivity contribution in [3.05, 3.63) is 137 Å². The summed E-state index contributed by atoms with van der Waals surface area (Å²) in [4.78, 5) is 53.9. The maximum Gasteiger partial charge on any atom is 0.272 e. The van der Waals surface area contributed by atoms with Gasteiger partial charge in [0.2, 0.25) is 0 Å². The van der Waals surface area contributed by atoms with Crippen LogP contribution in [0.1, 0.15) is 68.4 Å². The van der Waals surface area contributed by atoms with Crippen LogP contribution < -0.4 is 10.6 Å². The molecule has 1 aliphatic heterocycles. The molecule has 0 saturated heterocycles. The fourth-order valence-corrected chi connectivity index (χ4v) is 5.70. The van der Waals surface area contributed by atoms with Crippen molar-refractivity contribution in [1.29, 1.82) is 0 Å². The Bertz CT molecular complexity index is 1680. The zero-order valence-electron chi connectivity index (χ0n) is 24.6. The van der Waals surface area contributed by atoms with Crippen LogP contribution >= 0.6 is 11.8 Å². The van der Waals surface area contributed by atoms with Crippen molar-refractivity contribution in [2.24, 2.45) is 0 Å². The molecule has 8 heteroatoms. The highest BCUT2D eigenvalue weighted by Gasteiger charge is 2.34. The number of benzene rings is 4. The molecule has 0 fully saturated rings. The summed E-state index contributed by atoms with van der Waals surface area (Å²) in [5.74, 6) is -0.279. The number of nitrogens with zero attached hydrogens (tertiary/aromatic N) is 1. The van der Waals surface area contributed by atoms with E-state index in [0.29, 0.717) is 47.0 Å². The predicted molar refractivity (Wildman–Crippen MR) is 175 cm³/mol. The molecule has 4 amide bonds. The van der Waals surface area contributed by atoms with E-state index in [9.17, 15) is 19.2 Å². The Kier molecular flexibility index (Phi) is 9.72. The second-order valence-electron chi connectivity index (χ2n) is 10.7. The fourth-order valence-electron chi connectivity index (χ4n) is 4.80. The van der Waals surface area contributed by atoms with Crippen LogP contribution in [-0.4, -0.2) is 40.8 Å². The van der Waals surface area contributed by atoms with E-state index in [1.54, 1.807) is 72.4 Å². The van der Waals surface area contributed by atoms with Crippen molar-refractivity contribution in [3.63, 3.8) is 0 Å². The van der Waals surface area contributed by atoms with Gasteiger partial charge in [0.05, 0.1) is 11.1 Å². The molecule has 0 aromatic heterocycles. The van der Waals surface area contributed by atoms with Crippen LogP contribution in [-0.2, 0) is 4.79 Å². The fraction of sp³-hybridized carbons (Fsp3) is 0.167. The molecule has 5 rings (SSSR count). The minimum Gasteiger partial charge on any atom is -0.321 e. The first kappa shape index (κ1) is 30.5. The third kappa shape index (κ3) is 7.33. The van der Waals surface area contributed by atoms with Gasteiger partial charge in [-0.25, -0.2) is 0 Å². The number of anilines is 1. The first-order valence-corrected chi connectivity index (χ1v) is 15.5. The molecule has 1 aliphatic rings. The van der Waals surface area contributed by atoms with Crippen LogP contribution in [0.3, 0.4) is 0 Å². The molecule has 7 nitrogen and oxygen atoms in total. The van der Waals surface area contributed by atoms with Crippen LogP contribution in [0.25, 0.3) is 6.08 Å². The highest BCUT2D eigenvalue weighted by Crippen LogP contribution is 2.26. The lowest BCUT2D eigenvalue weighted by molar-refractivity contribution is -0.113. The molecule has 0 aliphatic carbocycles. The van der Waals surface area contributed by atoms with Gasteiger partial charge >= 0.3 is 0 Å². The lowest BCUT2D eigenvalue weighted by atomic mass is 10.0. The van der Waals surface area contributed by atoms with E-state index < -0.39 is 5.91 Å². The molecule has 0 saturated carbocycles. The second-order valence-corrected chi connectivity index (χ2v) is 11.9. The van der Waals surface area contributed by atoms with Gasteiger partial charge in [0.1, 0.15) is 5.70 Å². The van der Waals surface area contributed by atoms with E-state index in [0.717, 1.165) is 10.5 Å². The largest absolute Gasteiger partial charge is 0.321 e. The molecule has 1 heterocycles. The number of carbonyl (C=O) groups is 4. The van der Waals surface area contributed by atoms with Crippen molar-refractivity contribution in [2.45, 2.75) is 31.1 Å². The summed E-state index contributed by atoms with van der Waals surface area (Å²) in [5.41, 5.74) is 4.02. The van der Waals surface area contributed by atoms with Crippen LogP contribution in [0.5, 0.6) is 0 Å². The average Bonchev–Trinajstić information content (AvgIpc) is 3.28. The Labute approximate surface area is 261 Å². The van der Waals surface area contributed by atoms with E-state index in [1.807, 2.05) is 48.5 Å². The Hall–Kier alpha value is -4.95. The Morgan fingerprint density at radius 1 is 0.818 bits per heavy atom. The summed E-state index contributed by atoms with van der Waals surface area (Å²) in [6.45, 7) is 4.57. The number of carbonyl (C=O) groups excluding carboxylic acids is 4. The van der Waals surface area contributed by atoms with E-state index in [4.69, 9.17) is 0 Å². The third-order valence-electron chi connectivity index (χ3n) is 7.21. The van der Waals surface area contributed by atoms with Crippen LogP contribution in [0.2, 0.25) is 0 Å². The number of imide groups is 1. The summed E-state index contributed by atoms with van der Waals surface area (Å²) >= 11 is 1.57. The molecular formula is C36H33N3O4S. The molecule has 222 valence electrons. The Morgan fingerprint density at radius 2 is 1.48 bits per heavy atom. The molecule has 0 spiro atoms. The molecule has 0 atom stereocenters. The summed E-state index contributed by atoms with van der Waals surface area (Å²) in [7, 11) is 0. The maximum absolute atomic E-state index is 13.5. The molecular weight excluding hydrogens is 570 g/mol. The number of hydrogen-bond donors (Lipinski definition) is 2. The van der Waals surface area contributed by atoms with Gasteiger partial charge in [-0.2, -0.15) is 0 Å². The van der Waals surface area contributed by atoms with Crippen molar-refractivity contribution < 1.29 is 19.2 Å². The summed E-state index contributed by atoms with van der Waals surface area (Å²) in [6.07, 6.45) is 2.29. The number of thioether (sulfide) groups is 1. The minimum atomic E-state index is -0.449. The minimum absolute atomic E-state index is 0.121. The van der Waals surface area contributed by atoms with E-state index in [-0.39, 0.29) is 23.4 Å². The van der Waals surface area contributed by atoms with E-state index in [1.165, 1.54) is 10.5 Å². The van der Waals surface area contributed by atoms with Gasteiger partial charge in [-0.05, 0) is 77.8 Å². The molecule has 4 aromatic rings. The maximum atomic E-state index is 13.5. The van der Waals surface area contributed by atoms with Crippen LogP contribution in [0.15, 0.2) is 114 Å². The molecule has 0 radical (unpaired) electrons. The molecule has 2 N–H and O–H groups in total. The van der Waals surface area contributed by atoms with Crippen molar-refractivity contribution in [2.75, 3.05) is 17.6 Å². The normalized spacial score (nSPS) is 12.8.